The molecule has 3 rings (SSSR count). The molecule has 0 aliphatic heterocycles. The van der Waals surface area contributed by atoms with Crippen LogP contribution in [-0.2, 0) is 26.3 Å². The normalized spacial score (nSPS) is 12.4. The highest BCUT2D eigenvalue weighted by molar-refractivity contribution is 7.91. The number of hydrogen-bond acceptors (Lipinski definition) is 5. The monoisotopic (exact) mass is 486 g/mol. The molecule has 0 saturated carbocycles. The van der Waals surface area contributed by atoms with Crippen molar-refractivity contribution in [3.05, 3.63) is 83.7 Å². The summed E-state index contributed by atoms with van der Waals surface area (Å²) in [5.74, 6) is -0.219. The predicted octanol–water partition coefficient (Wildman–Crippen LogP) is 4.68. The molecule has 0 amide bonds. The van der Waals surface area contributed by atoms with Crippen LogP contribution in [0.15, 0.2) is 81.5 Å². The topological polar surface area (TPSA) is 93.2 Å². The summed E-state index contributed by atoms with van der Waals surface area (Å²) in [6.07, 6.45) is 2.09. The molecular formula is C25H30N2O4S2. The molecule has 1 aromatic heterocycles. The third-order valence-corrected chi connectivity index (χ3v) is 8.76. The van der Waals surface area contributed by atoms with E-state index in [9.17, 15) is 16.8 Å². The molecule has 1 N–H and O–H groups in total. The van der Waals surface area contributed by atoms with Gasteiger partial charge in [0.05, 0.1) is 14.7 Å². The minimum Gasteiger partial charge on any atom is -0.261 e. The highest BCUT2D eigenvalue weighted by Gasteiger charge is 2.29. The van der Waals surface area contributed by atoms with Gasteiger partial charge in [0.2, 0.25) is 19.9 Å². The van der Waals surface area contributed by atoms with Crippen molar-refractivity contribution in [2.75, 3.05) is 6.54 Å². The fourth-order valence-electron chi connectivity index (χ4n) is 3.63. The van der Waals surface area contributed by atoms with Crippen LogP contribution >= 0.6 is 0 Å². The van der Waals surface area contributed by atoms with Gasteiger partial charge in [0.15, 0.2) is 0 Å². The zero-order valence-electron chi connectivity index (χ0n) is 19.3. The average Bonchev–Trinajstić information content (AvgIpc) is 2.79. The van der Waals surface area contributed by atoms with Gasteiger partial charge in [-0.1, -0.05) is 58.0 Å². The Morgan fingerprint density at radius 1 is 0.788 bits per heavy atom. The van der Waals surface area contributed by atoms with Crippen molar-refractivity contribution in [3.63, 3.8) is 0 Å². The SMILES string of the molecule is CC(C)c1cc(C(C)C)c(S(=O)(=O)c2ccccc2)cc1S(=O)(=O)NCCc1ccccn1. The molecule has 0 unspecified atom stereocenters. The van der Waals surface area contributed by atoms with Crippen LogP contribution in [0.3, 0.4) is 0 Å². The van der Waals surface area contributed by atoms with Crippen molar-refractivity contribution in [1.29, 1.82) is 0 Å². The van der Waals surface area contributed by atoms with Crippen LogP contribution in [0.5, 0.6) is 0 Å². The molecule has 2 aromatic carbocycles. The largest absolute Gasteiger partial charge is 0.261 e. The van der Waals surface area contributed by atoms with Crippen LogP contribution < -0.4 is 4.72 Å². The van der Waals surface area contributed by atoms with Gasteiger partial charge in [-0.3, -0.25) is 4.98 Å². The Morgan fingerprint density at radius 2 is 1.39 bits per heavy atom. The molecule has 0 saturated heterocycles. The lowest BCUT2D eigenvalue weighted by Gasteiger charge is -2.21. The number of pyridine rings is 1. The maximum Gasteiger partial charge on any atom is 0.240 e. The Kier molecular flexibility index (Phi) is 7.72. The van der Waals surface area contributed by atoms with E-state index in [1.54, 1.807) is 36.5 Å². The number of aromatic nitrogens is 1. The highest BCUT2D eigenvalue weighted by atomic mass is 32.2. The van der Waals surface area contributed by atoms with Crippen LogP contribution in [-0.4, -0.2) is 28.4 Å². The fraction of sp³-hybridized carbons (Fsp3) is 0.320. The molecule has 0 spiro atoms. The molecule has 0 radical (unpaired) electrons. The van der Waals surface area contributed by atoms with E-state index in [1.165, 1.54) is 18.2 Å². The zero-order valence-corrected chi connectivity index (χ0v) is 20.9. The number of sulfonamides is 1. The van der Waals surface area contributed by atoms with Gasteiger partial charge < -0.3 is 0 Å². The first-order chi connectivity index (χ1) is 15.5. The first-order valence-electron chi connectivity index (χ1n) is 10.9. The van der Waals surface area contributed by atoms with Gasteiger partial charge in [0.1, 0.15) is 0 Å². The van der Waals surface area contributed by atoms with Crippen LogP contribution in [0, 0.1) is 0 Å². The van der Waals surface area contributed by atoms with Crippen molar-refractivity contribution < 1.29 is 16.8 Å². The van der Waals surface area contributed by atoms with Crippen LogP contribution in [0.25, 0.3) is 0 Å². The van der Waals surface area contributed by atoms with E-state index >= 15 is 0 Å². The van der Waals surface area contributed by atoms with Gasteiger partial charge in [0.25, 0.3) is 0 Å². The van der Waals surface area contributed by atoms with Crippen molar-refractivity contribution >= 4 is 19.9 Å². The molecule has 176 valence electrons. The fourth-order valence-corrected chi connectivity index (χ4v) is 6.75. The average molecular weight is 487 g/mol. The predicted molar refractivity (Wildman–Crippen MR) is 130 cm³/mol. The molecule has 0 atom stereocenters. The minimum absolute atomic E-state index is 0.00238. The lowest BCUT2D eigenvalue weighted by atomic mass is 9.95. The smallest absolute Gasteiger partial charge is 0.240 e. The van der Waals surface area contributed by atoms with Crippen LogP contribution in [0.1, 0.15) is 56.4 Å². The van der Waals surface area contributed by atoms with Gasteiger partial charge >= 0.3 is 0 Å². The van der Waals surface area contributed by atoms with Gasteiger partial charge in [-0.2, -0.15) is 0 Å². The second kappa shape index (κ2) is 10.2. The molecular weight excluding hydrogens is 456 g/mol. The summed E-state index contributed by atoms with van der Waals surface area (Å²) in [5.41, 5.74) is 1.97. The van der Waals surface area contributed by atoms with E-state index < -0.39 is 19.9 Å². The first kappa shape index (κ1) is 25.1. The maximum absolute atomic E-state index is 13.5. The lowest BCUT2D eigenvalue weighted by Crippen LogP contribution is -2.28. The van der Waals surface area contributed by atoms with E-state index in [4.69, 9.17) is 0 Å². The number of nitrogens with one attached hydrogen (secondary N) is 1. The molecule has 0 bridgehead atoms. The van der Waals surface area contributed by atoms with Crippen molar-refractivity contribution in [1.82, 2.24) is 9.71 Å². The summed E-state index contributed by atoms with van der Waals surface area (Å²) in [4.78, 5) is 4.37. The summed E-state index contributed by atoms with van der Waals surface area (Å²) < 4.78 is 56.2. The van der Waals surface area contributed by atoms with E-state index in [0.29, 0.717) is 17.5 Å². The number of hydrogen-bond donors (Lipinski definition) is 1. The summed E-state index contributed by atoms with van der Waals surface area (Å²) >= 11 is 0. The van der Waals surface area contributed by atoms with E-state index in [2.05, 4.69) is 9.71 Å². The quantitative estimate of drug-likeness (QED) is 0.474. The lowest BCUT2D eigenvalue weighted by molar-refractivity contribution is 0.577. The molecule has 3 aromatic rings. The molecule has 0 fully saturated rings. The molecule has 6 nitrogen and oxygen atoms in total. The van der Waals surface area contributed by atoms with Crippen LogP contribution in [0.2, 0.25) is 0 Å². The molecule has 0 aliphatic carbocycles. The van der Waals surface area contributed by atoms with Gasteiger partial charge in [-0.15, -0.1) is 0 Å². The zero-order chi connectivity index (χ0) is 24.2. The van der Waals surface area contributed by atoms with Gasteiger partial charge in [0, 0.05) is 24.9 Å². The number of nitrogens with zero attached hydrogens (tertiary/aromatic N) is 1. The standard InChI is InChI=1S/C25H30N2O4S2/c1-18(2)22-16-23(19(3)4)25(17-24(22)32(28,29)21-11-6-5-7-12-21)33(30,31)27-15-13-20-10-8-9-14-26-20/h5-12,14,16-19,27H,13,15H2,1-4H3. The number of rotatable bonds is 9. The molecule has 8 heteroatoms. The highest BCUT2D eigenvalue weighted by Crippen LogP contribution is 2.35. The van der Waals surface area contributed by atoms with Crippen molar-refractivity contribution in [2.45, 2.75) is 60.6 Å². The Hall–Kier alpha value is -2.55. The van der Waals surface area contributed by atoms with Crippen molar-refractivity contribution in [2.24, 2.45) is 0 Å². The van der Waals surface area contributed by atoms with Crippen LogP contribution in [0.4, 0.5) is 0 Å². The number of sulfone groups is 1. The summed E-state index contributed by atoms with van der Waals surface area (Å²) in [7, 11) is -7.86. The molecule has 0 aliphatic rings. The third-order valence-electron chi connectivity index (χ3n) is 5.42. The van der Waals surface area contributed by atoms with E-state index in [0.717, 1.165) is 5.69 Å². The minimum atomic E-state index is -3.96. The Labute approximate surface area is 197 Å². The summed E-state index contributed by atoms with van der Waals surface area (Å²) in [6.45, 7) is 7.77. The third kappa shape index (κ3) is 5.69. The molecule has 1 heterocycles. The van der Waals surface area contributed by atoms with Gasteiger partial charge in [-0.05, 0) is 53.3 Å². The molecule has 33 heavy (non-hydrogen) atoms. The second-order valence-corrected chi connectivity index (χ2v) is 12.2. The van der Waals surface area contributed by atoms with Crippen molar-refractivity contribution in [3.8, 4) is 0 Å². The van der Waals surface area contributed by atoms with Gasteiger partial charge in [-0.25, -0.2) is 21.6 Å². The van der Waals surface area contributed by atoms with E-state index in [-0.39, 0.29) is 33.1 Å². The number of benzene rings is 2. The Bertz CT molecular complexity index is 1300. The van der Waals surface area contributed by atoms with E-state index in [1.807, 2.05) is 39.8 Å². The maximum atomic E-state index is 13.5. The Balaban J connectivity index is 2.09. The summed E-state index contributed by atoms with van der Waals surface area (Å²) in [6, 6.07) is 16.6. The summed E-state index contributed by atoms with van der Waals surface area (Å²) in [5, 5.41) is 0. The Morgan fingerprint density at radius 3 is 1.97 bits per heavy atom. The first-order valence-corrected chi connectivity index (χ1v) is 13.9. The second-order valence-electron chi connectivity index (χ2n) is 8.52.